The first-order chi connectivity index (χ1) is 9.20. The zero-order chi connectivity index (χ0) is 13.7. The molecule has 0 aromatic heterocycles. The Morgan fingerprint density at radius 2 is 2.11 bits per heavy atom. The topological polar surface area (TPSA) is 70.8 Å². The quantitative estimate of drug-likeness (QED) is 0.871. The predicted octanol–water partition coefficient (Wildman–Crippen LogP) is 0.929. The minimum Gasteiger partial charge on any atom is -0.490 e. The zero-order valence-electron chi connectivity index (χ0n) is 11.0. The maximum Gasteiger partial charge on any atom is 0.162 e. The molecule has 0 amide bonds. The second-order valence-electron chi connectivity index (χ2n) is 4.39. The molecule has 1 aliphatic rings. The molecule has 0 bridgehead atoms. The van der Waals surface area contributed by atoms with Gasteiger partial charge in [-0.1, -0.05) is 0 Å². The molecule has 2 atom stereocenters. The van der Waals surface area contributed by atoms with Crippen LogP contribution in [-0.4, -0.2) is 42.9 Å². The molecule has 0 aliphatic carbocycles. The SMILES string of the molecule is COCC(N)CS(=O)c1ccc2c(c1)OCCCO2. The van der Waals surface area contributed by atoms with E-state index >= 15 is 0 Å². The van der Waals surface area contributed by atoms with E-state index in [2.05, 4.69) is 0 Å². The van der Waals surface area contributed by atoms with Gasteiger partial charge < -0.3 is 19.9 Å². The molecule has 0 fully saturated rings. The summed E-state index contributed by atoms with van der Waals surface area (Å²) >= 11 is 0. The number of ether oxygens (including phenoxy) is 3. The lowest BCUT2D eigenvalue weighted by Gasteiger charge is -2.12. The summed E-state index contributed by atoms with van der Waals surface area (Å²) in [4.78, 5) is 0.704. The van der Waals surface area contributed by atoms with Gasteiger partial charge in [0.2, 0.25) is 0 Å². The molecule has 1 aromatic carbocycles. The molecule has 2 rings (SSSR count). The Hall–Kier alpha value is -1.11. The van der Waals surface area contributed by atoms with Crippen LogP contribution in [0.1, 0.15) is 6.42 Å². The average Bonchev–Trinajstić information content (AvgIpc) is 2.63. The number of nitrogens with two attached hydrogens (primary N) is 1. The molecular weight excluding hydrogens is 266 g/mol. The summed E-state index contributed by atoms with van der Waals surface area (Å²) in [6.45, 7) is 1.66. The van der Waals surface area contributed by atoms with Gasteiger partial charge in [0, 0.05) is 36.3 Å². The van der Waals surface area contributed by atoms with Crippen LogP contribution in [0.4, 0.5) is 0 Å². The first kappa shape index (κ1) is 14.3. The third-order valence-corrected chi connectivity index (χ3v) is 4.24. The third-order valence-electron chi connectivity index (χ3n) is 2.73. The molecular formula is C13H19NO4S. The number of methoxy groups -OCH3 is 1. The van der Waals surface area contributed by atoms with E-state index in [-0.39, 0.29) is 6.04 Å². The maximum atomic E-state index is 12.2. The van der Waals surface area contributed by atoms with E-state index < -0.39 is 10.8 Å². The second-order valence-corrected chi connectivity index (χ2v) is 5.88. The zero-order valence-corrected chi connectivity index (χ0v) is 11.8. The van der Waals surface area contributed by atoms with Crippen molar-refractivity contribution in [1.82, 2.24) is 0 Å². The fourth-order valence-corrected chi connectivity index (χ4v) is 2.97. The molecule has 1 aliphatic heterocycles. The van der Waals surface area contributed by atoms with Gasteiger partial charge in [0.05, 0.1) is 30.6 Å². The van der Waals surface area contributed by atoms with Crippen LogP contribution in [0.5, 0.6) is 11.5 Å². The summed E-state index contributed by atoms with van der Waals surface area (Å²) in [5.74, 6) is 1.73. The van der Waals surface area contributed by atoms with Crippen molar-refractivity contribution in [1.29, 1.82) is 0 Å². The second kappa shape index (κ2) is 6.88. The molecule has 0 saturated heterocycles. The largest absolute Gasteiger partial charge is 0.490 e. The number of benzene rings is 1. The Bertz CT molecular complexity index is 452. The lowest BCUT2D eigenvalue weighted by Crippen LogP contribution is -2.31. The molecule has 106 valence electrons. The summed E-state index contributed by atoms with van der Waals surface area (Å²) in [6.07, 6.45) is 0.853. The van der Waals surface area contributed by atoms with Gasteiger partial charge in [-0.3, -0.25) is 4.21 Å². The van der Waals surface area contributed by atoms with Crippen molar-refractivity contribution < 1.29 is 18.4 Å². The van der Waals surface area contributed by atoms with Crippen LogP contribution in [-0.2, 0) is 15.5 Å². The predicted molar refractivity (Wildman–Crippen MR) is 73.2 cm³/mol. The lowest BCUT2D eigenvalue weighted by atomic mass is 10.3. The minimum atomic E-state index is -1.16. The van der Waals surface area contributed by atoms with Crippen molar-refractivity contribution in [3.05, 3.63) is 18.2 Å². The van der Waals surface area contributed by atoms with E-state index in [1.165, 1.54) is 0 Å². The normalized spacial score (nSPS) is 17.6. The van der Waals surface area contributed by atoms with E-state index in [1.807, 2.05) is 0 Å². The van der Waals surface area contributed by atoms with Gasteiger partial charge in [0.15, 0.2) is 11.5 Å². The fraction of sp³-hybridized carbons (Fsp3) is 0.538. The third kappa shape index (κ3) is 3.92. The van der Waals surface area contributed by atoms with E-state index in [1.54, 1.807) is 25.3 Å². The summed E-state index contributed by atoms with van der Waals surface area (Å²) in [5.41, 5.74) is 5.81. The van der Waals surface area contributed by atoms with Crippen molar-refractivity contribution in [2.24, 2.45) is 5.73 Å². The van der Waals surface area contributed by atoms with Crippen molar-refractivity contribution >= 4 is 10.8 Å². The summed E-state index contributed by atoms with van der Waals surface area (Å²) in [6, 6.07) is 5.14. The Kier molecular flexibility index (Phi) is 5.18. The van der Waals surface area contributed by atoms with Gasteiger partial charge in [-0.25, -0.2) is 0 Å². The van der Waals surface area contributed by atoms with Gasteiger partial charge in [0.25, 0.3) is 0 Å². The van der Waals surface area contributed by atoms with Crippen molar-refractivity contribution in [2.45, 2.75) is 17.4 Å². The Morgan fingerprint density at radius 3 is 2.84 bits per heavy atom. The standard InChI is InChI=1S/C13H19NO4S/c1-16-8-10(14)9-19(15)11-3-4-12-13(7-11)18-6-2-5-17-12/h3-4,7,10H,2,5-6,8-9,14H2,1H3. The highest BCUT2D eigenvalue weighted by molar-refractivity contribution is 7.85. The van der Waals surface area contributed by atoms with E-state index in [0.717, 1.165) is 6.42 Å². The molecule has 2 unspecified atom stereocenters. The lowest BCUT2D eigenvalue weighted by molar-refractivity contribution is 0.186. The fourth-order valence-electron chi connectivity index (χ4n) is 1.84. The van der Waals surface area contributed by atoms with Crippen LogP contribution in [0.25, 0.3) is 0 Å². The maximum absolute atomic E-state index is 12.2. The smallest absolute Gasteiger partial charge is 0.162 e. The Balaban J connectivity index is 2.08. The van der Waals surface area contributed by atoms with Gasteiger partial charge in [-0.05, 0) is 12.1 Å². The van der Waals surface area contributed by atoms with Gasteiger partial charge in [0.1, 0.15) is 0 Å². The molecule has 2 N–H and O–H groups in total. The summed E-state index contributed by atoms with van der Waals surface area (Å²) < 4.78 is 28.2. The first-order valence-corrected chi connectivity index (χ1v) is 7.55. The minimum absolute atomic E-state index is 0.234. The molecule has 1 aromatic rings. The van der Waals surface area contributed by atoms with E-state index in [4.69, 9.17) is 19.9 Å². The highest BCUT2D eigenvalue weighted by Crippen LogP contribution is 2.31. The molecule has 0 spiro atoms. The van der Waals surface area contributed by atoms with Gasteiger partial charge in [-0.15, -0.1) is 0 Å². The number of hydrogen-bond acceptors (Lipinski definition) is 5. The van der Waals surface area contributed by atoms with Crippen LogP contribution < -0.4 is 15.2 Å². The van der Waals surface area contributed by atoms with Crippen LogP contribution in [0.3, 0.4) is 0 Å². The monoisotopic (exact) mass is 285 g/mol. The molecule has 6 heteroatoms. The highest BCUT2D eigenvalue weighted by Gasteiger charge is 2.15. The average molecular weight is 285 g/mol. The van der Waals surface area contributed by atoms with Crippen LogP contribution in [0.2, 0.25) is 0 Å². The first-order valence-electron chi connectivity index (χ1n) is 6.23. The highest BCUT2D eigenvalue weighted by atomic mass is 32.2. The Labute approximate surface area is 115 Å². The Morgan fingerprint density at radius 1 is 1.37 bits per heavy atom. The van der Waals surface area contributed by atoms with Gasteiger partial charge >= 0.3 is 0 Å². The van der Waals surface area contributed by atoms with Crippen molar-refractivity contribution in [2.75, 3.05) is 32.7 Å². The molecule has 5 nitrogen and oxygen atoms in total. The number of hydrogen-bond donors (Lipinski definition) is 1. The molecule has 19 heavy (non-hydrogen) atoms. The van der Waals surface area contributed by atoms with Gasteiger partial charge in [-0.2, -0.15) is 0 Å². The number of rotatable bonds is 5. The molecule has 1 heterocycles. The summed E-state index contributed by atoms with van der Waals surface area (Å²) in [7, 11) is 0.420. The van der Waals surface area contributed by atoms with Crippen molar-refractivity contribution in [3.8, 4) is 11.5 Å². The molecule has 0 radical (unpaired) electrons. The van der Waals surface area contributed by atoms with E-state index in [9.17, 15) is 4.21 Å². The van der Waals surface area contributed by atoms with Crippen molar-refractivity contribution in [3.63, 3.8) is 0 Å². The van der Waals surface area contributed by atoms with Crippen LogP contribution >= 0.6 is 0 Å². The van der Waals surface area contributed by atoms with Crippen LogP contribution in [0.15, 0.2) is 23.1 Å². The van der Waals surface area contributed by atoms with Crippen LogP contribution in [0, 0.1) is 0 Å². The summed E-state index contributed by atoms with van der Waals surface area (Å²) in [5, 5.41) is 0. The number of fused-ring (bicyclic) bond motifs is 1. The molecule has 0 saturated carbocycles. The van der Waals surface area contributed by atoms with E-state index in [0.29, 0.717) is 42.0 Å².